The molecule has 0 N–H and O–H groups in total. The van der Waals surface area contributed by atoms with Crippen LogP contribution in [0.4, 0.5) is 4.39 Å². The number of nitrogens with zero attached hydrogens (tertiary/aromatic N) is 2. The number of aromatic nitrogens is 2. The van der Waals surface area contributed by atoms with E-state index in [1.54, 1.807) is 6.92 Å². The van der Waals surface area contributed by atoms with E-state index >= 15 is 0 Å². The second-order valence-corrected chi connectivity index (χ2v) is 3.97. The molecule has 2 aromatic rings. The number of rotatable bonds is 2. The highest BCUT2D eigenvalue weighted by molar-refractivity contribution is 6.30. The summed E-state index contributed by atoms with van der Waals surface area (Å²) in [7, 11) is 0. The lowest BCUT2D eigenvalue weighted by Crippen LogP contribution is -2.08. The number of hydrogen-bond acceptors (Lipinski definition) is 3. The van der Waals surface area contributed by atoms with E-state index in [0.29, 0.717) is 0 Å². The average Bonchev–Trinajstić information content (AvgIpc) is 2.29. The van der Waals surface area contributed by atoms with Gasteiger partial charge in [-0.3, -0.25) is 4.79 Å². The van der Waals surface area contributed by atoms with Crippen LogP contribution in [0.3, 0.4) is 0 Å². The van der Waals surface area contributed by atoms with Crippen molar-refractivity contribution in [3.8, 4) is 0 Å². The molecular formula is C12H8ClFN2O. The zero-order chi connectivity index (χ0) is 12.4. The molecule has 0 spiro atoms. The first-order chi connectivity index (χ1) is 8.08. The smallest absolute Gasteiger partial charge is 0.233 e. The summed E-state index contributed by atoms with van der Waals surface area (Å²) in [5, 5.41) is 0.240. The van der Waals surface area contributed by atoms with E-state index in [2.05, 4.69) is 9.97 Å². The van der Waals surface area contributed by atoms with E-state index in [0.717, 1.165) is 11.6 Å². The standard InChI is InChI=1S/C12H8ClFN2O/c1-7-5-15-12(16-6-7)11(17)9-3-2-8(13)4-10(9)14/h2-6H,1H3. The molecule has 3 nitrogen and oxygen atoms in total. The van der Waals surface area contributed by atoms with Gasteiger partial charge in [0, 0.05) is 17.4 Å². The van der Waals surface area contributed by atoms with Crippen LogP contribution in [0.1, 0.15) is 21.7 Å². The third-order valence-electron chi connectivity index (χ3n) is 2.16. The van der Waals surface area contributed by atoms with Crippen LogP contribution in [-0.2, 0) is 0 Å². The molecule has 0 saturated carbocycles. The topological polar surface area (TPSA) is 42.9 Å². The monoisotopic (exact) mass is 250 g/mol. The molecule has 5 heteroatoms. The lowest BCUT2D eigenvalue weighted by atomic mass is 10.1. The van der Waals surface area contributed by atoms with E-state index in [1.807, 2.05) is 0 Å². The normalized spacial score (nSPS) is 10.3. The summed E-state index contributed by atoms with van der Waals surface area (Å²) in [5.74, 6) is -1.26. The van der Waals surface area contributed by atoms with Gasteiger partial charge in [0.05, 0.1) is 5.56 Å². The van der Waals surface area contributed by atoms with Gasteiger partial charge in [-0.25, -0.2) is 14.4 Å². The predicted octanol–water partition coefficient (Wildman–Crippen LogP) is 2.81. The van der Waals surface area contributed by atoms with Gasteiger partial charge in [0.2, 0.25) is 11.6 Å². The molecule has 0 unspecified atom stereocenters. The molecule has 1 aromatic heterocycles. The second-order valence-electron chi connectivity index (χ2n) is 3.54. The summed E-state index contributed by atoms with van der Waals surface area (Å²) in [6.45, 7) is 1.80. The quantitative estimate of drug-likeness (QED) is 0.770. The van der Waals surface area contributed by atoms with Crippen molar-refractivity contribution in [3.63, 3.8) is 0 Å². The van der Waals surface area contributed by atoms with Crippen molar-refractivity contribution < 1.29 is 9.18 Å². The second kappa shape index (κ2) is 4.59. The van der Waals surface area contributed by atoms with Crippen LogP contribution in [-0.4, -0.2) is 15.8 Å². The van der Waals surface area contributed by atoms with E-state index in [4.69, 9.17) is 11.6 Å². The molecule has 1 aromatic carbocycles. The Labute approximate surface area is 102 Å². The Hall–Kier alpha value is -1.81. The largest absolute Gasteiger partial charge is 0.285 e. The van der Waals surface area contributed by atoms with Crippen LogP contribution in [0.2, 0.25) is 5.02 Å². The lowest BCUT2D eigenvalue weighted by Gasteiger charge is -2.02. The minimum Gasteiger partial charge on any atom is -0.285 e. The van der Waals surface area contributed by atoms with Gasteiger partial charge < -0.3 is 0 Å². The summed E-state index contributed by atoms with van der Waals surface area (Å²) in [5.41, 5.74) is 0.747. The number of carbonyl (C=O) groups excluding carboxylic acids is 1. The van der Waals surface area contributed by atoms with Crippen molar-refractivity contribution in [1.29, 1.82) is 0 Å². The van der Waals surface area contributed by atoms with Crippen molar-refractivity contribution in [2.75, 3.05) is 0 Å². The number of ketones is 1. The zero-order valence-electron chi connectivity index (χ0n) is 8.95. The van der Waals surface area contributed by atoms with Gasteiger partial charge in [-0.2, -0.15) is 0 Å². The van der Waals surface area contributed by atoms with E-state index < -0.39 is 11.6 Å². The van der Waals surface area contributed by atoms with Gasteiger partial charge in [0.1, 0.15) is 5.82 Å². The highest BCUT2D eigenvalue weighted by atomic mass is 35.5. The SMILES string of the molecule is Cc1cnc(C(=O)c2ccc(Cl)cc2F)nc1. The number of halogens is 2. The van der Waals surface area contributed by atoms with Crippen molar-refractivity contribution >= 4 is 17.4 Å². The molecular weight excluding hydrogens is 243 g/mol. The van der Waals surface area contributed by atoms with Crippen molar-refractivity contribution in [2.45, 2.75) is 6.92 Å². The molecule has 17 heavy (non-hydrogen) atoms. The molecule has 0 bridgehead atoms. The molecule has 0 saturated heterocycles. The fourth-order valence-corrected chi connectivity index (χ4v) is 1.46. The summed E-state index contributed by atoms with van der Waals surface area (Å²) in [6, 6.07) is 3.86. The van der Waals surface area contributed by atoms with Gasteiger partial charge in [0.15, 0.2) is 0 Å². The molecule has 0 radical (unpaired) electrons. The van der Waals surface area contributed by atoms with Gasteiger partial charge in [-0.15, -0.1) is 0 Å². The highest BCUT2D eigenvalue weighted by Crippen LogP contribution is 2.16. The van der Waals surface area contributed by atoms with Crippen LogP contribution in [0.5, 0.6) is 0 Å². The van der Waals surface area contributed by atoms with Crippen LogP contribution < -0.4 is 0 Å². The van der Waals surface area contributed by atoms with Crippen LogP contribution >= 0.6 is 11.6 Å². The third kappa shape index (κ3) is 2.47. The van der Waals surface area contributed by atoms with Gasteiger partial charge in [0.25, 0.3) is 0 Å². The Morgan fingerprint density at radius 2 is 1.94 bits per heavy atom. The first-order valence-electron chi connectivity index (χ1n) is 4.86. The first kappa shape index (κ1) is 11.7. The maximum atomic E-state index is 13.5. The summed E-state index contributed by atoms with van der Waals surface area (Å²) in [6.07, 6.45) is 3.02. The first-order valence-corrected chi connectivity index (χ1v) is 5.24. The Kier molecular flexibility index (Phi) is 3.15. The Balaban J connectivity index is 2.40. The van der Waals surface area contributed by atoms with Gasteiger partial charge in [-0.05, 0) is 30.7 Å². The van der Waals surface area contributed by atoms with Crippen molar-refractivity contribution in [1.82, 2.24) is 9.97 Å². The summed E-state index contributed by atoms with van der Waals surface area (Å²) < 4.78 is 13.5. The van der Waals surface area contributed by atoms with Gasteiger partial charge >= 0.3 is 0 Å². The van der Waals surface area contributed by atoms with E-state index in [1.165, 1.54) is 24.5 Å². The molecule has 1 heterocycles. The third-order valence-corrected chi connectivity index (χ3v) is 2.39. The minimum absolute atomic E-state index is 0.0307. The van der Waals surface area contributed by atoms with E-state index in [9.17, 15) is 9.18 Å². The van der Waals surface area contributed by atoms with Crippen LogP contribution in [0, 0.1) is 12.7 Å². The average molecular weight is 251 g/mol. The Morgan fingerprint density at radius 3 is 2.53 bits per heavy atom. The summed E-state index contributed by atoms with van der Waals surface area (Å²) >= 11 is 5.61. The van der Waals surface area contributed by atoms with Crippen molar-refractivity contribution in [3.05, 3.63) is 58.4 Å². The number of carbonyl (C=O) groups is 1. The number of aryl methyl sites for hydroxylation is 1. The fourth-order valence-electron chi connectivity index (χ4n) is 1.30. The molecule has 0 aliphatic heterocycles. The maximum absolute atomic E-state index is 13.5. The van der Waals surface area contributed by atoms with Crippen LogP contribution in [0.15, 0.2) is 30.6 Å². The Morgan fingerprint density at radius 1 is 1.29 bits per heavy atom. The number of benzene rings is 1. The molecule has 0 aliphatic rings. The minimum atomic E-state index is -0.674. The number of hydrogen-bond donors (Lipinski definition) is 0. The highest BCUT2D eigenvalue weighted by Gasteiger charge is 2.16. The van der Waals surface area contributed by atoms with E-state index in [-0.39, 0.29) is 16.4 Å². The maximum Gasteiger partial charge on any atom is 0.233 e. The molecule has 0 fully saturated rings. The molecule has 0 amide bonds. The predicted molar refractivity (Wildman–Crippen MR) is 61.6 cm³/mol. The Bertz CT molecular complexity index is 569. The molecule has 2 rings (SSSR count). The van der Waals surface area contributed by atoms with Crippen LogP contribution in [0.25, 0.3) is 0 Å². The lowest BCUT2D eigenvalue weighted by molar-refractivity contribution is 0.102. The van der Waals surface area contributed by atoms with Gasteiger partial charge in [-0.1, -0.05) is 11.6 Å². The fraction of sp³-hybridized carbons (Fsp3) is 0.0833. The molecule has 0 atom stereocenters. The van der Waals surface area contributed by atoms with Crippen molar-refractivity contribution in [2.24, 2.45) is 0 Å². The zero-order valence-corrected chi connectivity index (χ0v) is 9.70. The molecule has 0 aliphatic carbocycles. The summed E-state index contributed by atoms with van der Waals surface area (Å²) in [4.78, 5) is 19.6. The molecule has 86 valence electrons.